The molecule has 2 rings (SSSR count). The number of nitrogens with two attached hydrogens (primary N) is 1. The van der Waals surface area contributed by atoms with Gasteiger partial charge >= 0.3 is 0 Å². The molecule has 1 fully saturated rings. The molecule has 1 aromatic rings. The number of guanidine groups is 1. The molecule has 0 heterocycles. The van der Waals surface area contributed by atoms with Gasteiger partial charge in [-0.2, -0.15) is 0 Å². The summed E-state index contributed by atoms with van der Waals surface area (Å²) in [5.74, 6) is 0.540. The van der Waals surface area contributed by atoms with Gasteiger partial charge in [0.25, 0.3) is 0 Å². The average molecular weight is 345 g/mol. The molecule has 1 aliphatic rings. The Morgan fingerprint density at radius 2 is 2.24 bits per heavy atom. The van der Waals surface area contributed by atoms with Gasteiger partial charge < -0.3 is 11.1 Å². The zero-order valence-corrected chi connectivity index (χ0v) is 12.5. The van der Waals surface area contributed by atoms with Crippen LogP contribution in [0.2, 0.25) is 0 Å². The molecule has 1 saturated carbocycles. The van der Waals surface area contributed by atoms with Crippen molar-refractivity contribution in [3.8, 4) is 0 Å². The number of anilines is 1. The molecule has 0 amide bonds. The van der Waals surface area contributed by atoms with E-state index in [1.165, 1.54) is 24.8 Å². The number of nitrogens with zero attached hydrogens (tertiary/aromatic N) is 1. The first-order valence-corrected chi connectivity index (χ1v) is 5.97. The van der Waals surface area contributed by atoms with E-state index in [0.29, 0.717) is 12.0 Å². The zero-order valence-electron chi connectivity index (χ0n) is 10.1. The van der Waals surface area contributed by atoms with Gasteiger partial charge in [0.15, 0.2) is 5.96 Å². The van der Waals surface area contributed by atoms with Crippen LogP contribution in [0.15, 0.2) is 29.3 Å². The van der Waals surface area contributed by atoms with Crippen molar-refractivity contribution in [2.75, 3.05) is 5.32 Å². The summed E-state index contributed by atoms with van der Waals surface area (Å²) in [5.41, 5.74) is 8.18. The smallest absolute Gasteiger partial charge is 0.193 e. The summed E-state index contributed by atoms with van der Waals surface area (Å²) in [4.78, 5) is 4.42. The van der Waals surface area contributed by atoms with E-state index in [9.17, 15) is 0 Å². The Bertz CT molecular complexity index is 386. The van der Waals surface area contributed by atoms with Crippen molar-refractivity contribution in [2.45, 2.75) is 38.6 Å². The van der Waals surface area contributed by atoms with Gasteiger partial charge in [0.1, 0.15) is 0 Å². The molecule has 0 atom stereocenters. The monoisotopic (exact) mass is 345 g/mol. The fraction of sp³-hybridized carbons (Fsp3) is 0.462. The van der Waals surface area contributed by atoms with E-state index in [0.717, 1.165) is 12.1 Å². The molecule has 1 aliphatic carbocycles. The van der Waals surface area contributed by atoms with Crippen LogP contribution in [0.5, 0.6) is 0 Å². The highest BCUT2D eigenvalue weighted by Gasteiger charge is 2.16. The fourth-order valence-electron chi connectivity index (χ4n) is 1.76. The lowest BCUT2D eigenvalue weighted by molar-refractivity contribution is 0.420. The van der Waals surface area contributed by atoms with E-state index in [4.69, 9.17) is 5.73 Å². The Hall–Kier alpha value is -0.780. The molecular weight excluding hydrogens is 325 g/mol. The second kappa shape index (κ2) is 6.83. The van der Waals surface area contributed by atoms with E-state index < -0.39 is 0 Å². The maximum absolute atomic E-state index is 5.85. The summed E-state index contributed by atoms with van der Waals surface area (Å²) >= 11 is 0. The second-order valence-corrected chi connectivity index (χ2v) is 4.28. The number of benzene rings is 1. The van der Waals surface area contributed by atoms with E-state index >= 15 is 0 Å². The van der Waals surface area contributed by atoms with Gasteiger partial charge in [0.05, 0.1) is 6.04 Å². The number of hydrogen-bond donors (Lipinski definition) is 2. The Balaban J connectivity index is 0.00000144. The minimum Gasteiger partial charge on any atom is -0.370 e. The van der Waals surface area contributed by atoms with E-state index in [-0.39, 0.29) is 24.0 Å². The highest BCUT2D eigenvalue weighted by Crippen LogP contribution is 2.21. The Morgan fingerprint density at radius 3 is 2.82 bits per heavy atom. The molecule has 1 aromatic carbocycles. The highest BCUT2D eigenvalue weighted by molar-refractivity contribution is 14.0. The van der Waals surface area contributed by atoms with Crippen LogP contribution in [0, 0.1) is 0 Å². The van der Waals surface area contributed by atoms with Gasteiger partial charge in [-0.1, -0.05) is 19.1 Å². The first-order valence-electron chi connectivity index (χ1n) is 5.97. The molecule has 0 aliphatic heterocycles. The molecule has 17 heavy (non-hydrogen) atoms. The number of rotatable bonds is 3. The van der Waals surface area contributed by atoms with Crippen molar-refractivity contribution < 1.29 is 0 Å². The Labute approximate surface area is 120 Å². The molecule has 0 aromatic heterocycles. The lowest BCUT2D eigenvalue weighted by atomic mass is 9.94. The van der Waals surface area contributed by atoms with Gasteiger partial charge in [-0.15, -0.1) is 24.0 Å². The molecule has 0 unspecified atom stereocenters. The molecule has 0 bridgehead atoms. The Kier molecular flexibility index (Phi) is 5.74. The second-order valence-electron chi connectivity index (χ2n) is 4.28. The summed E-state index contributed by atoms with van der Waals surface area (Å²) in [6.07, 6.45) is 4.68. The van der Waals surface area contributed by atoms with Crippen molar-refractivity contribution in [1.82, 2.24) is 0 Å². The van der Waals surface area contributed by atoms with E-state index in [1.54, 1.807) is 0 Å². The molecule has 3 N–H and O–H groups in total. The maximum atomic E-state index is 5.85. The minimum atomic E-state index is 0. The van der Waals surface area contributed by atoms with Crippen molar-refractivity contribution in [2.24, 2.45) is 10.7 Å². The number of aryl methyl sites for hydroxylation is 1. The molecule has 0 spiro atoms. The van der Waals surface area contributed by atoms with Gasteiger partial charge in [-0.3, -0.25) is 0 Å². The van der Waals surface area contributed by atoms with E-state index in [1.807, 2.05) is 12.1 Å². The third-order valence-electron chi connectivity index (χ3n) is 3.00. The Morgan fingerprint density at radius 1 is 1.47 bits per heavy atom. The van der Waals surface area contributed by atoms with Crippen LogP contribution in [0.3, 0.4) is 0 Å². The highest BCUT2D eigenvalue weighted by atomic mass is 127. The van der Waals surface area contributed by atoms with Crippen molar-refractivity contribution in [3.63, 3.8) is 0 Å². The molecule has 3 nitrogen and oxygen atoms in total. The lowest BCUT2D eigenvalue weighted by Gasteiger charge is -2.21. The normalized spacial score (nSPS) is 15.9. The third-order valence-corrected chi connectivity index (χ3v) is 3.00. The average Bonchev–Trinajstić information content (AvgIpc) is 2.24. The fourth-order valence-corrected chi connectivity index (χ4v) is 1.76. The maximum Gasteiger partial charge on any atom is 0.193 e. The largest absolute Gasteiger partial charge is 0.370 e. The van der Waals surface area contributed by atoms with Crippen molar-refractivity contribution in [1.29, 1.82) is 0 Å². The van der Waals surface area contributed by atoms with Crippen LogP contribution in [-0.2, 0) is 6.42 Å². The molecule has 0 radical (unpaired) electrons. The molecule has 94 valence electrons. The topological polar surface area (TPSA) is 50.4 Å². The van der Waals surface area contributed by atoms with Crippen LogP contribution < -0.4 is 11.1 Å². The van der Waals surface area contributed by atoms with Crippen LogP contribution in [-0.4, -0.2) is 12.0 Å². The number of halogens is 1. The first-order chi connectivity index (χ1) is 7.78. The molecule has 4 heteroatoms. The standard InChI is InChI=1S/C13H19N3.HI/c1-2-10-5-3-8-12(9-10)16-13(14)15-11-6-4-7-11;/h3,5,8-9,11H,2,4,6-7H2,1H3,(H3,14,15,16);1H. The van der Waals surface area contributed by atoms with Gasteiger partial charge in [-0.05, 0) is 43.4 Å². The van der Waals surface area contributed by atoms with E-state index in [2.05, 4.69) is 29.4 Å². The first kappa shape index (κ1) is 14.3. The van der Waals surface area contributed by atoms with Gasteiger partial charge in [0.2, 0.25) is 0 Å². The van der Waals surface area contributed by atoms with Crippen LogP contribution in [0.25, 0.3) is 0 Å². The lowest BCUT2D eigenvalue weighted by Crippen LogP contribution is -2.27. The number of aliphatic imine (C=N–C) groups is 1. The van der Waals surface area contributed by atoms with Gasteiger partial charge in [-0.25, -0.2) is 4.99 Å². The van der Waals surface area contributed by atoms with Gasteiger partial charge in [0, 0.05) is 5.69 Å². The SMILES string of the molecule is CCc1cccc(NC(N)=NC2CCC2)c1.I. The zero-order chi connectivity index (χ0) is 11.4. The third kappa shape index (κ3) is 4.18. The van der Waals surface area contributed by atoms with Crippen LogP contribution >= 0.6 is 24.0 Å². The quantitative estimate of drug-likeness (QED) is 0.502. The van der Waals surface area contributed by atoms with Crippen LogP contribution in [0.4, 0.5) is 5.69 Å². The number of hydrogen-bond acceptors (Lipinski definition) is 1. The van der Waals surface area contributed by atoms with Crippen molar-refractivity contribution in [3.05, 3.63) is 29.8 Å². The summed E-state index contributed by atoms with van der Waals surface area (Å²) in [6.45, 7) is 2.14. The summed E-state index contributed by atoms with van der Waals surface area (Å²) in [7, 11) is 0. The molecule has 0 saturated heterocycles. The predicted molar refractivity (Wildman–Crippen MR) is 84.1 cm³/mol. The predicted octanol–water partition coefficient (Wildman–Crippen LogP) is 3.15. The summed E-state index contributed by atoms with van der Waals surface area (Å²) in [6, 6.07) is 8.73. The van der Waals surface area contributed by atoms with Crippen LogP contribution in [0.1, 0.15) is 31.7 Å². The number of nitrogens with one attached hydrogen (secondary N) is 1. The summed E-state index contributed by atoms with van der Waals surface area (Å²) in [5, 5.41) is 3.14. The van der Waals surface area contributed by atoms with Crippen molar-refractivity contribution >= 4 is 35.6 Å². The minimum absolute atomic E-state index is 0. The summed E-state index contributed by atoms with van der Waals surface area (Å²) < 4.78 is 0. The molecular formula is C13H20IN3.